The molecule has 0 fully saturated rings. The summed E-state index contributed by atoms with van der Waals surface area (Å²) in [5.74, 6) is 0.730. The zero-order valence-corrected chi connectivity index (χ0v) is 11.8. The van der Waals surface area contributed by atoms with E-state index in [1.807, 2.05) is 24.3 Å². The number of nitrogens with one attached hydrogen (secondary N) is 1. The Kier molecular flexibility index (Phi) is 4.20. The first-order chi connectivity index (χ1) is 8.70. The molecule has 0 bridgehead atoms. The standard InChI is InChI=1S/C14H16BrN3/c1-2-13(10-6-4-3-5-7-10)18-14-12(16)8-11(15)9-17-14/h3-9,13H,2,16H2,1H3,(H,17,18). The zero-order chi connectivity index (χ0) is 13.0. The van der Waals surface area contributed by atoms with Crippen LogP contribution in [0.15, 0.2) is 47.1 Å². The molecule has 1 heterocycles. The fourth-order valence-corrected chi connectivity index (χ4v) is 2.20. The van der Waals surface area contributed by atoms with Crippen LogP contribution in [0.2, 0.25) is 0 Å². The van der Waals surface area contributed by atoms with Gasteiger partial charge in [-0.1, -0.05) is 37.3 Å². The summed E-state index contributed by atoms with van der Waals surface area (Å²) in [6.07, 6.45) is 2.72. The summed E-state index contributed by atoms with van der Waals surface area (Å²) in [6, 6.07) is 12.4. The van der Waals surface area contributed by atoms with Gasteiger partial charge in [-0.05, 0) is 34.0 Å². The zero-order valence-electron chi connectivity index (χ0n) is 10.2. The van der Waals surface area contributed by atoms with E-state index in [1.165, 1.54) is 5.56 Å². The molecular formula is C14H16BrN3. The number of benzene rings is 1. The van der Waals surface area contributed by atoms with Gasteiger partial charge in [0.15, 0.2) is 0 Å². The average molecular weight is 306 g/mol. The van der Waals surface area contributed by atoms with Gasteiger partial charge in [0, 0.05) is 10.7 Å². The van der Waals surface area contributed by atoms with Gasteiger partial charge in [-0.15, -0.1) is 0 Å². The van der Waals surface area contributed by atoms with Crippen molar-refractivity contribution < 1.29 is 0 Å². The number of rotatable bonds is 4. The summed E-state index contributed by atoms with van der Waals surface area (Å²) in [7, 11) is 0. The predicted octanol–water partition coefficient (Wildman–Crippen LogP) is 3.99. The van der Waals surface area contributed by atoms with Crippen molar-refractivity contribution in [3.8, 4) is 0 Å². The van der Waals surface area contributed by atoms with Crippen molar-refractivity contribution in [1.29, 1.82) is 0 Å². The molecule has 0 saturated carbocycles. The van der Waals surface area contributed by atoms with Crippen molar-refractivity contribution in [2.45, 2.75) is 19.4 Å². The quantitative estimate of drug-likeness (QED) is 0.898. The number of nitrogen functional groups attached to an aromatic ring is 1. The van der Waals surface area contributed by atoms with E-state index in [-0.39, 0.29) is 6.04 Å². The number of pyridine rings is 1. The summed E-state index contributed by atoms with van der Waals surface area (Å²) < 4.78 is 0.887. The number of hydrogen-bond donors (Lipinski definition) is 2. The summed E-state index contributed by atoms with van der Waals surface area (Å²) in [4.78, 5) is 4.31. The van der Waals surface area contributed by atoms with E-state index in [2.05, 4.69) is 45.3 Å². The monoisotopic (exact) mass is 305 g/mol. The minimum Gasteiger partial charge on any atom is -0.396 e. The average Bonchev–Trinajstić information content (AvgIpc) is 2.39. The second-order valence-electron chi connectivity index (χ2n) is 4.11. The number of halogens is 1. The van der Waals surface area contributed by atoms with E-state index in [0.717, 1.165) is 16.7 Å². The van der Waals surface area contributed by atoms with Gasteiger partial charge < -0.3 is 11.1 Å². The first-order valence-electron chi connectivity index (χ1n) is 5.93. The van der Waals surface area contributed by atoms with Crippen LogP contribution in [0.25, 0.3) is 0 Å². The normalized spacial score (nSPS) is 12.1. The lowest BCUT2D eigenvalue weighted by molar-refractivity contribution is 0.745. The lowest BCUT2D eigenvalue weighted by Gasteiger charge is -2.19. The first-order valence-corrected chi connectivity index (χ1v) is 6.72. The third kappa shape index (κ3) is 3.01. The van der Waals surface area contributed by atoms with Crippen LogP contribution >= 0.6 is 15.9 Å². The van der Waals surface area contributed by atoms with Crippen LogP contribution in [0.4, 0.5) is 11.5 Å². The van der Waals surface area contributed by atoms with Crippen LogP contribution in [0, 0.1) is 0 Å². The molecule has 18 heavy (non-hydrogen) atoms. The van der Waals surface area contributed by atoms with Crippen LogP contribution in [-0.2, 0) is 0 Å². The van der Waals surface area contributed by atoms with E-state index in [4.69, 9.17) is 5.73 Å². The minimum atomic E-state index is 0.224. The van der Waals surface area contributed by atoms with Crippen LogP contribution in [0.5, 0.6) is 0 Å². The molecule has 1 aromatic heterocycles. The topological polar surface area (TPSA) is 50.9 Å². The molecule has 94 valence electrons. The number of nitrogens with two attached hydrogens (primary N) is 1. The van der Waals surface area contributed by atoms with Crippen molar-refractivity contribution in [2.24, 2.45) is 0 Å². The molecule has 0 aliphatic carbocycles. The molecule has 1 unspecified atom stereocenters. The van der Waals surface area contributed by atoms with E-state index >= 15 is 0 Å². The fraction of sp³-hybridized carbons (Fsp3) is 0.214. The molecule has 1 atom stereocenters. The fourth-order valence-electron chi connectivity index (χ4n) is 1.85. The molecule has 0 aliphatic heterocycles. The molecule has 2 rings (SSSR count). The van der Waals surface area contributed by atoms with Gasteiger partial charge in [0.1, 0.15) is 5.82 Å². The highest BCUT2D eigenvalue weighted by molar-refractivity contribution is 9.10. The summed E-state index contributed by atoms with van der Waals surface area (Å²) in [5.41, 5.74) is 7.84. The number of hydrogen-bond acceptors (Lipinski definition) is 3. The summed E-state index contributed by atoms with van der Waals surface area (Å²) in [6.45, 7) is 2.14. The second kappa shape index (κ2) is 5.87. The highest BCUT2D eigenvalue weighted by Crippen LogP contribution is 2.26. The first kappa shape index (κ1) is 12.9. The second-order valence-corrected chi connectivity index (χ2v) is 5.02. The SMILES string of the molecule is CCC(Nc1ncc(Br)cc1N)c1ccccc1. The van der Waals surface area contributed by atoms with Crippen LogP contribution in [0.1, 0.15) is 24.9 Å². The molecule has 4 heteroatoms. The molecule has 2 aromatic rings. The Morgan fingerprint density at radius 3 is 2.67 bits per heavy atom. The van der Waals surface area contributed by atoms with Gasteiger partial charge >= 0.3 is 0 Å². The molecule has 0 spiro atoms. The highest BCUT2D eigenvalue weighted by Gasteiger charge is 2.11. The maximum Gasteiger partial charge on any atom is 0.149 e. The third-order valence-corrected chi connectivity index (χ3v) is 3.24. The van der Waals surface area contributed by atoms with E-state index < -0.39 is 0 Å². The van der Waals surface area contributed by atoms with E-state index in [1.54, 1.807) is 6.20 Å². The maximum absolute atomic E-state index is 5.95. The van der Waals surface area contributed by atoms with Crippen LogP contribution in [-0.4, -0.2) is 4.98 Å². The van der Waals surface area contributed by atoms with Crippen LogP contribution in [0.3, 0.4) is 0 Å². The van der Waals surface area contributed by atoms with E-state index in [0.29, 0.717) is 5.69 Å². The molecule has 1 aromatic carbocycles. The molecule has 0 amide bonds. The number of nitrogens with zero attached hydrogens (tertiary/aromatic N) is 1. The Morgan fingerprint density at radius 1 is 1.33 bits per heavy atom. The third-order valence-electron chi connectivity index (χ3n) is 2.80. The molecule has 0 radical (unpaired) electrons. The largest absolute Gasteiger partial charge is 0.396 e. The lowest BCUT2D eigenvalue weighted by atomic mass is 10.0. The van der Waals surface area contributed by atoms with Crippen molar-refractivity contribution in [3.63, 3.8) is 0 Å². The van der Waals surface area contributed by atoms with Crippen molar-refractivity contribution in [2.75, 3.05) is 11.1 Å². The molecule has 0 aliphatic rings. The minimum absolute atomic E-state index is 0.224. The van der Waals surface area contributed by atoms with Gasteiger partial charge in [-0.2, -0.15) is 0 Å². The van der Waals surface area contributed by atoms with Crippen molar-refractivity contribution in [3.05, 3.63) is 52.6 Å². The van der Waals surface area contributed by atoms with Gasteiger partial charge in [-0.3, -0.25) is 0 Å². The Bertz CT molecular complexity index is 514. The number of aromatic nitrogens is 1. The molecule has 3 N–H and O–H groups in total. The van der Waals surface area contributed by atoms with Gasteiger partial charge in [0.05, 0.1) is 11.7 Å². The smallest absolute Gasteiger partial charge is 0.149 e. The summed E-state index contributed by atoms with van der Waals surface area (Å²) in [5, 5.41) is 3.38. The van der Waals surface area contributed by atoms with Gasteiger partial charge in [-0.25, -0.2) is 4.98 Å². The highest BCUT2D eigenvalue weighted by atomic mass is 79.9. The lowest BCUT2D eigenvalue weighted by Crippen LogP contribution is -2.12. The Morgan fingerprint density at radius 2 is 2.06 bits per heavy atom. The van der Waals surface area contributed by atoms with Crippen molar-refractivity contribution >= 4 is 27.4 Å². The Hall–Kier alpha value is -1.55. The summed E-state index contributed by atoms with van der Waals surface area (Å²) >= 11 is 3.35. The Balaban J connectivity index is 2.21. The Labute approximate surface area is 116 Å². The van der Waals surface area contributed by atoms with E-state index in [9.17, 15) is 0 Å². The maximum atomic E-state index is 5.95. The van der Waals surface area contributed by atoms with Gasteiger partial charge in [0.2, 0.25) is 0 Å². The molecule has 0 saturated heterocycles. The molecular weight excluding hydrogens is 290 g/mol. The predicted molar refractivity (Wildman–Crippen MR) is 79.4 cm³/mol. The molecule has 3 nitrogen and oxygen atoms in total. The van der Waals surface area contributed by atoms with Gasteiger partial charge in [0.25, 0.3) is 0 Å². The number of anilines is 2. The van der Waals surface area contributed by atoms with Crippen molar-refractivity contribution in [1.82, 2.24) is 4.98 Å². The van der Waals surface area contributed by atoms with Crippen LogP contribution < -0.4 is 11.1 Å².